The largest absolute Gasteiger partial charge is 0.495 e. The molecule has 3 aliphatic rings. The molecule has 16 heteroatoms. The Labute approximate surface area is 318 Å². The third-order valence-electron chi connectivity index (χ3n) is 10.0. The highest BCUT2D eigenvalue weighted by atomic mass is 35.5. The second kappa shape index (κ2) is 17.5. The molecule has 4 bridgehead atoms. The number of alkyl carbamates (subject to hydrolysis) is 1. The van der Waals surface area contributed by atoms with Crippen LogP contribution in [0.2, 0.25) is 5.02 Å². The first-order valence-electron chi connectivity index (χ1n) is 17.0. The van der Waals surface area contributed by atoms with Gasteiger partial charge in [-0.05, 0) is 51.1 Å². The molecule has 0 aromatic heterocycles. The van der Waals surface area contributed by atoms with Crippen molar-refractivity contribution in [1.29, 1.82) is 0 Å². The molecular weight excluding hydrogens is 734 g/mol. The lowest BCUT2D eigenvalue weighted by atomic mass is 9.83. The zero-order valence-corrected chi connectivity index (χ0v) is 33.5. The minimum absolute atomic E-state index is 0.0452. The molecule has 2 N–H and O–H groups in total. The first-order chi connectivity index (χ1) is 24.5. The maximum absolute atomic E-state index is 14.1. The summed E-state index contributed by atoms with van der Waals surface area (Å²) in [6, 6.07) is 2.63. The molecule has 3 amide bonds. The molecule has 1 aromatic carbocycles. The third kappa shape index (κ3) is 9.40. The summed E-state index contributed by atoms with van der Waals surface area (Å²) in [7, 11) is 9.14. The molecule has 0 aliphatic carbocycles. The number of hydrogen-bond donors (Lipinski definition) is 2. The number of hydrogen-bond acceptors (Lipinski definition) is 12. The van der Waals surface area contributed by atoms with Crippen molar-refractivity contribution < 1.29 is 48.0 Å². The van der Waals surface area contributed by atoms with Gasteiger partial charge in [-0.15, -0.1) is 0 Å². The molecule has 0 saturated carbocycles. The molecule has 4 rings (SSSR count). The summed E-state index contributed by atoms with van der Waals surface area (Å²) in [4.78, 5) is 56.2. The van der Waals surface area contributed by atoms with Crippen LogP contribution in [0.1, 0.15) is 52.5 Å². The van der Waals surface area contributed by atoms with Crippen LogP contribution in [0.25, 0.3) is 0 Å². The number of allylic oxidation sites excluding steroid dienone is 3. The van der Waals surface area contributed by atoms with Crippen LogP contribution >= 0.6 is 33.2 Å². The summed E-state index contributed by atoms with van der Waals surface area (Å²) >= 11 is 6.75. The van der Waals surface area contributed by atoms with Gasteiger partial charge in [0.2, 0.25) is 11.8 Å². The van der Waals surface area contributed by atoms with Gasteiger partial charge in [0.1, 0.15) is 40.7 Å². The lowest BCUT2D eigenvalue weighted by Gasteiger charge is -2.42. The summed E-state index contributed by atoms with van der Waals surface area (Å²) < 4.78 is 29.2. The molecule has 13 nitrogen and oxygen atoms in total. The molecule has 0 radical (unpaired) electrons. The molecule has 1 aromatic rings. The monoisotopic (exact) mass is 783 g/mol. The van der Waals surface area contributed by atoms with Gasteiger partial charge >= 0.3 is 12.1 Å². The van der Waals surface area contributed by atoms with E-state index in [1.165, 1.54) is 31.1 Å². The highest BCUT2D eigenvalue weighted by molar-refractivity contribution is 8.76. The van der Waals surface area contributed by atoms with Crippen molar-refractivity contribution in [3.05, 3.63) is 46.5 Å². The van der Waals surface area contributed by atoms with Crippen molar-refractivity contribution in [2.45, 2.75) is 95.2 Å². The van der Waals surface area contributed by atoms with E-state index in [1.807, 2.05) is 19.3 Å². The van der Waals surface area contributed by atoms with Gasteiger partial charge in [0, 0.05) is 45.7 Å². The summed E-state index contributed by atoms with van der Waals surface area (Å²) in [5, 5.41) is 14.5. The van der Waals surface area contributed by atoms with E-state index in [1.54, 1.807) is 73.7 Å². The summed E-state index contributed by atoms with van der Waals surface area (Å²) in [6.45, 7) is 7.02. The number of benzene rings is 1. The van der Waals surface area contributed by atoms with E-state index in [-0.39, 0.29) is 30.2 Å². The second-order valence-electron chi connectivity index (χ2n) is 13.6. The van der Waals surface area contributed by atoms with Gasteiger partial charge in [-0.2, -0.15) is 0 Å². The highest BCUT2D eigenvalue weighted by Crippen LogP contribution is 2.49. The van der Waals surface area contributed by atoms with Crippen LogP contribution in [0.5, 0.6) is 5.75 Å². The smallest absolute Gasteiger partial charge is 0.409 e. The molecule has 3 heterocycles. The predicted molar refractivity (Wildman–Crippen MR) is 202 cm³/mol. The molecule has 3 aliphatic heterocycles. The fourth-order valence-corrected chi connectivity index (χ4v) is 8.09. The lowest BCUT2D eigenvalue weighted by Crippen LogP contribution is -2.63. The van der Waals surface area contributed by atoms with Crippen molar-refractivity contribution >= 4 is 62.8 Å². The number of nitrogens with one attached hydrogen (secondary N) is 1. The van der Waals surface area contributed by atoms with Gasteiger partial charge < -0.3 is 38.6 Å². The van der Waals surface area contributed by atoms with E-state index in [0.717, 1.165) is 11.1 Å². The van der Waals surface area contributed by atoms with Gasteiger partial charge in [-0.1, -0.05) is 63.9 Å². The number of carbonyl (C=O) groups is 4. The number of epoxide rings is 1. The lowest BCUT2D eigenvalue weighted by molar-refractivity contribution is -0.161. The summed E-state index contributed by atoms with van der Waals surface area (Å²) in [5.41, 5.74) is -0.884. The van der Waals surface area contributed by atoms with Crippen LogP contribution in [0, 0.1) is 5.92 Å². The first kappa shape index (κ1) is 41.8. The van der Waals surface area contributed by atoms with E-state index >= 15 is 0 Å². The topological polar surface area (TPSA) is 156 Å². The number of anilines is 1. The molecular formula is C36H50ClN3O10S2. The number of nitrogens with zero attached hydrogens (tertiary/aromatic N) is 2. The minimum Gasteiger partial charge on any atom is -0.495 e. The Morgan fingerprint density at radius 3 is 2.63 bits per heavy atom. The maximum atomic E-state index is 14.1. The zero-order chi connectivity index (χ0) is 38.5. The normalized spacial score (nSPS) is 29.9. The number of methoxy groups -OCH3 is 2. The number of fused-ring (bicyclic) bond motifs is 5. The predicted octanol–water partition coefficient (Wildman–Crippen LogP) is 4.92. The van der Waals surface area contributed by atoms with Crippen molar-refractivity contribution in [3.8, 4) is 5.75 Å². The Morgan fingerprint density at radius 1 is 1.27 bits per heavy atom. The fraction of sp³-hybridized carbons (Fsp3) is 0.611. The second-order valence-corrected chi connectivity index (χ2v) is 16.7. The van der Waals surface area contributed by atoms with E-state index < -0.39 is 65.7 Å². The van der Waals surface area contributed by atoms with Gasteiger partial charge in [0.05, 0.1) is 25.3 Å². The van der Waals surface area contributed by atoms with Crippen LogP contribution in [-0.4, -0.2) is 116 Å². The van der Waals surface area contributed by atoms with Gasteiger partial charge in [0.15, 0.2) is 5.72 Å². The van der Waals surface area contributed by atoms with Crippen molar-refractivity contribution in [2.75, 3.05) is 45.2 Å². The molecule has 2 saturated heterocycles. The Morgan fingerprint density at radius 2 is 1.98 bits per heavy atom. The van der Waals surface area contributed by atoms with E-state index in [2.05, 4.69) is 5.32 Å². The Kier molecular flexibility index (Phi) is 14.0. The van der Waals surface area contributed by atoms with Crippen molar-refractivity contribution in [2.24, 2.45) is 5.92 Å². The Balaban J connectivity index is 1.74. The number of carbonyl (C=O) groups excluding carboxylic acids is 4. The summed E-state index contributed by atoms with van der Waals surface area (Å²) in [6.07, 6.45) is 3.17. The number of aliphatic hydroxyl groups is 1. The standard InChI is InChI=1S/C36H50ClN3O10S2/c1-20-11-10-12-27(47-8)36(45)19-26(48-34(44)38-36)21(2)32-35(4,50-32)28(49-33(43)22(3)39(5)29(41)13-14-52-51-9)18-30(42)40(6)24-16-23(15-20)17-25(46-7)31(24)37/h10-12,16-17,21-22,26-28,32,45H,13-15,18-19H2,1-9H3,(H,38,44)/t21?,22-,26+,27?,28?,32+,35+,36-/m0/s1. The minimum atomic E-state index is -1.82. The Hall–Kier alpha value is -2.95. The average molecular weight is 784 g/mol. The molecule has 288 valence electrons. The number of amides is 3. The number of rotatable bonds is 9. The quantitative estimate of drug-likeness (QED) is 0.151. The number of likely N-dealkylation sites (N-methyl/N-ethyl adjacent to an activating group) is 1. The van der Waals surface area contributed by atoms with Gasteiger partial charge in [-0.3, -0.25) is 14.9 Å². The SMILES string of the molecule is COc1cc2cc(c1Cl)N(C)C(=O)CC(OC(=O)[C@H](C)N(C)C(=O)CCSSC)[C@@]1(C)O[C@@H]1C(C)[C@H]1C[C@@](O)(NC(=O)O1)C(OC)C=CC=C(C)C2. The molecule has 52 heavy (non-hydrogen) atoms. The average Bonchev–Trinajstić information content (AvgIpc) is 3.80. The number of ether oxygens (including phenoxy) is 5. The third-order valence-corrected chi connectivity index (χ3v) is 12.2. The van der Waals surface area contributed by atoms with Crippen LogP contribution in [0.15, 0.2) is 35.9 Å². The first-order valence-corrected chi connectivity index (χ1v) is 20.1. The maximum Gasteiger partial charge on any atom is 0.409 e. The number of halogens is 1. The molecule has 3 unspecified atom stereocenters. The Bertz CT molecular complexity index is 1580. The van der Waals surface area contributed by atoms with Gasteiger partial charge in [0.25, 0.3) is 0 Å². The zero-order valence-electron chi connectivity index (χ0n) is 31.1. The van der Waals surface area contributed by atoms with Crippen LogP contribution in [0.3, 0.4) is 0 Å². The number of esters is 1. The van der Waals surface area contributed by atoms with E-state index in [4.69, 9.17) is 35.3 Å². The van der Waals surface area contributed by atoms with Gasteiger partial charge in [-0.25, -0.2) is 9.59 Å². The van der Waals surface area contributed by atoms with Crippen molar-refractivity contribution in [1.82, 2.24) is 10.2 Å². The van der Waals surface area contributed by atoms with Crippen molar-refractivity contribution in [3.63, 3.8) is 0 Å². The molecule has 8 atom stereocenters. The van der Waals surface area contributed by atoms with Crippen LogP contribution < -0.4 is 15.0 Å². The van der Waals surface area contributed by atoms with E-state index in [0.29, 0.717) is 23.6 Å². The molecule has 0 spiro atoms. The van der Waals surface area contributed by atoms with E-state index in [9.17, 15) is 24.3 Å². The summed E-state index contributed by atoms with van der Waals surface area (Å²) in [5.74, 6) is -0.916. The highest BCUT2D eigenvalue weighted by Gasteiger charge is 2.64. The molecule has 2 fully saturated rings. The van der Waals surface area contributed by atoms with Crippen LogP contribution in [-0.2, 0) is 39.8 Å². The van der Waals surface area contributed by atoms with Crippen LogP contribution in [0.4, 0.5) is 10.5 Å². The fourth-order valence-electron chi connectivity index (χ4n) is 6.61.